The maximum absolute atomic E-state index is 12.2. The number of benzene rings is 1. The van der Waals surface area contributed by atoms with E-state index < -0.39 is 11.4 Å². The molecule has 1 heterocycles. The van der Waals surface area contributed by atoms with Gasteiger partial charge >= 0.3 is 5.97 Å². The monoisotopic (exact) mass is 312 g/mol. The molecular formula is C14H17ClN2O4. The summed E-state index contributed by atoms with van der Waals surface area (Å²) in [6.45, 7) is 3.16. The van der Waals surface area contributed by atoms with Gasteiger partial charge in [0.05, 0.1) is 10.9 Å². The SMILES string of the molecule is CCn1cc(C(=O)O)c(=O)c2cc(OCCN)ccc21.Cl. The molecule has 6 nitrogen and oxygen atoms in total. The summed E-state index contributed by atoms with van der Waals surface area (Å²) in [6, 6.07) is 5.05. The molecule has 0 bridgehead atoms. The molecule has 0 saturated carbocycles. The van der Waals surface area contributed by atoms with Crippen LogP contribution in [-0.2, 0) is 6.54 Å². The van der Waals surface area contributed by atoms with E-state index in [9.17, 15) is 9.59 Å². The molecule has 1 aromatic heterocycles. The molecule has 0 fully saturated rings. The van der Waals surface area contributed by atoms with Crippen molar-refractivity contribution in [2.24, 2.45) is 5.73 Å². The fourth-order valence-corrected chi connectivity index (χ4v) is 2.06. The van der Waals surface area contributed by atoms with Gasteiger partial charge in [-0.3, -0.25) is 4.79 Å². The van der Waals surface area contributed by atoms with Crippen LogP contribution >= 0.6 is 12.4 Å². The average molecular weight is 313 g/mol. The first-order valence-corrected chi connectivity index (χ1v) is 6.31. The van der Waals surface area contributed by atoms with Gasteiger partial charge in [-0.1, -0.05) is 0 Å². The number of carbonyl (C=O) groups is 1. The lowest BCUT2D eigenvalue weighted by molar-refractivity contribution is 0.0695. The van der Waals surface area contributed by atoms with Gasteiger partial charge in [0.15, 0.2) is 0 Å². The summed E-state index contributed by atoms with van der Waals surface area (Å²) >= 11 is 0. The van der Waals surface area contributed by atoms with Gasteiger partial charge in [-0.25, -0.2) is 4.79 Å². The van der Waals surface area contributed by atoms with Crippen LogP contribution in [0.1, 0.15) is 17.3 Å². The Bertz CT molecular complexity index is 712. The van der Waals surface area contributed by atoms with Gasteiger partial charge in [0.25, 0.3) is 0 Å². The van der Waals surface area contributed by atoms with Crippen molar-refractivity contribution in [2.45, 2.75) is 13.5 Å². The van der Waals surface area contributed by atoms with E-state index >= 15 is 0 Å². The summed E-state index contributed by atoms with van der Waals surface area (Å²) in [5.74, 6) is -0.724. The third kappa shape index (κ3) is 3.34. The Morgan fingerprint density at radius 3 is 2.71 bits per heavy atom. The standard InChI is InChI=1S/C14H16N2O4.ClH/c1-2-16-8-11(14(18)19)13(17)10-7-9(20-6-5-15)3-4-12(10)16;/h3-4,7-8H,2,5-6,15H2,1H3,(H,18,19);1H. The number of nitrogens with two attached hydrogens (primary N) is 1. The topological polar surface area (TPSA) is 94.5 Å². The lowest BCUT2D eigenvalue weighted by Crippen LogP contribution is -2.19. The van der Waals surface area contributed by atoms with Crippen LogP contribution in [0.2, 0.25) is 0 Å². The first-order valence-electron chi connectivity index (χ1n) is 6.31. The molecule has 2 aromatic rings. The van der Waals surface area contributed by atoms with Crippen LogP contribution in [-0.4, -0.2) is 28.8 Å². The molecule has 0 radical (unpaired) electrons. The number of fused-ring (bicyclic) bond motifs is 1. The Balaban J connectivity index is 0.00000220. The van der Waals surface area contributed by atoms with Gasteiger partial charge in [-0.2, -0.15) is 0 Å². The number of pyridine rings is 1. The highest BCUT2D eigenvalue weighted by molar-refractivity contribution is 5.92. The highest BCUT2D eigenvalue weighted by atomic mass is 35.5. The van der Waals surface area contributed by atoms with E-state index in [-0.39, 0.29) is 18.0 Å². The van der Waals surface area contributed by atoms with Crippen LogP contribution < -0.4 is 15.9 Å². The number of halogens is 1. The van der Waals surface area contributed by atoms with E-state index in [0.29, 0.717) is 36.3 Å². The van der Waals surface area contributed by atoms with Crippen molar-refractivity contribution in [3.8, 4) is 5.75 Å². The predicted molar refractivity (Wildman–Crippen MR) is 82.6 cm³/mol. The molecule has 0 atom stereocenters. The van der Waals surface area contributed by atoms with Crippen molar-refractivity contribution in [3.05, 3.63) is 40.2 Å². The second kappa shape index (κ2) is 7.10. The molecule has 0 saturated heterocycles. The third-order valence-corrected chi connectivity index (χ3v) is 3.01. The number of aromatic carboxylic acids is 1. The Morgan fingerprint density at radius 1 is 1.43 bits per heavy atom. The van der Waals surface area contributed by atoms with Gasteiger partial charge < -0.3 is 20.1 Å². The number of nitrogens with zero attached hydrogens (tertiary/aromatic N) is 1. The van der Waals surface area contributed by atoms with Gasteiger partial charge in [0.1, 0.15) is 17.9 Å². The molecule has 0 aliphatic rings. The lowest BCUT2D eigenvalue weighted by Gasteiger charge is -2.11. The predicted octanol–water partition coefficient (Wildman–Crippen LogP) is 1.48. The molecule has 7 heteroatoms. The quantitative estimate of drug-likeness (QED) is 0.872. The van der Waals surface area contributed by atoms with E-state index in [2.05, 4.69) is 0 Å². The van der Waals surface area contributed by atoms with Crippen molar-refractivity contribution in [1.82, 2.24) is 4.57 Å². The number of carboxylic acids is 1. The van der Waals surface area contributed by atoms with Crippen LogP contribution in [0.3, 0.4) is 0 Å². The summed E-state index contributed by atoms with van der Waals surface area (Å²) in [6.07, 6.45) is 1.37. The Morgan fingerprint density at radius 2 is 2.14 bits per heavy atom. The molecule has 0 unspecified atom stereocenters. The summed E-state index contributed by atoms with van der Waals surface area (Å²) < 4.78 is 7.10. The van der Waals surface area contributed by atoms with Crippen LogP contribution in [0.15, 0.2) is 29.2 Å². The van der Waals surface area contributed by atoms with Crippen LogP contribution in [0.25, 0.3) is 10.9 Å². The first-order chi connectivity index (χ1) is 9.58. The van der Waals surface area contributed by atoms with Crippen molar-refractivity contribution < 1.29 is 14.6 Å². The third-order valence-electron chi connectivity index (χ3n) is 3.01. The van der Waals surface area contributed by atoms with Gasteiger partial charge in [-0.15, -0.1) is 12.4 Å². The van der Waals surface area contributed by atoms with Crippen LogP contribution in [0.4, 0.5) is 0 Å². The molecule has 0 spiro atoms. The normalized spacial score (nSPS) is 10.2. The van der Waals surface area contributed by atoms with Gasteiger partial charge in [0, 0.05) is 19.3 Å². The molecular weight excluding hydrogens is 296 g/mol. The van der Waals surface area contributed by atoms with Crippen molar-refractivity contribution in [3.63, 3.8) is 0 Å². The molecule has 0 aliphatic heterocycles. The van der Waals surface area contributed by atoms with Crippen LogP contribution in [0.5, 0.6) is 5.75 Å². The van der Waals surface area contributed by atoms with E-state index in [1.165, 1.54) is 6.20 Å². The fourth-order valence-electron chi connectivity index (χ4n) is 2.06. The minimum Gasteiger partial charge on any atom is -0.492 e. The number of hydrogen-bond acceptors (Lipinski definition) is 4. The number of aromatic nitrogens is 1. The molecule has 114 valence electrons. The van der Waals surface area contributed by atoms with Crippen molar-refractivity contribution >= 4 is 29.3 Å². The Kier molecular flexibility index (Phi) is 5.75. The van der Waals surface area contributed by atoms with E-state index in [1.807, 2.05) is 6.92 Å². The van der Waals surface area contributed by atoms with Crippen molar-refractivity contribution in [1.29, 1.82) is 0 Å². The highest BCUT2D eigenvalue weighted by Crippen LogP contribution is 2.19. The number of ether oxygens (including phenoxy) is 1. The molecule has 1 aromatic carbocycles. The maximum atomic E-state index is 12.2. The van der Waals surface area contributed by atoms with E-state index in [4.69, 9.17) is 15.6 Å². The van der Waals surface area contributed by atoms with Crippen molar-refractivity contribution in [2.75, 3.05) is 13.2 Å². The highest BCUT2D eigenvalue weighted by Gasteiger charge is 2.14. The fraction of sp³-hybridized carbons (Fsp3) is 0.286. The Labute approximate surface area is 127 Å². The second-order valence-electron chi connectivity index (χ2n) is 4.28. The minimum atomic E-state index is -1.23. The van der Waals surface area contributed by atoms with Gasteiger partial charge in [0.2, 0.25) is 5.43 Å². The van der Waals surface area contributed by atoms with E-state index in [1.54, 1.807) is 22.8 Å². The number of hydrogen-bond donors (Lipinski definition) is 2. The number of aryl methyl sites for hydroxylation is 1. The zero-order valence-corrected chi connectivity index (χ0v) is 12.4. The summed E-state index contributed by atoms with van der Waals surface area (Å²) in [7, 11) is 0. The molecule has 3 N–H and O–H groups in total. The molecule has 21 heavy (non-hydrogen) atoms. The first kappa shape index (κ1) is 17.0. The summed E-state index contributed by atoms with van der Waals surface area (Å²) in [4.78, 5) is 23.3. The minimum absolute atomic E-state index is 0. The molecule has 2 rings (SSSR count). The number of rotatable bonds is 5. The molecule has 0 aliphatic carbocycles. The zero-order chi connectivity index (χ0) is 14.7. The largest absolute Gasteiger partial charge is 0.492 e. The van der Waals surface area contributed by atoms with E-state index in [0.717, 1.165) is 0 Å². The Hall–Kier alpha value is -2.05. The summed E-state index contributed by atoms with van der Waals surface area (Å²) in [5.41, 5.74) is 5.30. The van der Waals surface area contributed by atoms with Crippen LogP contribution in [0, 0.1) is 0 Å². The maximum Gasteiger partial charge on any atom is 0.341 e. The second-order valence-corrected chi connectivity index (χ2v) is 4.28. The average Bonchev–Trinajstić information content (AvgIpc) is 2.45. The smallest absolute Gasteiger partial charge is 0.341 e. The summed E-state index contributed by atoms with van der Waals surface area (Å²) in [5, 5.41) is 9.43. The number of carboxylic acid groups (broad SMARTS) is 1. The lowest BCUT2D eigenvalue weighted by atomic mass is 10.1. The zero-order valence-electron chi connectivity index (χ0n) is 11.5. The van der Waals surface area contributed by atoms with Gasteiger partial charge in [-0.05, 0) is 25.1 Å². The molecule has 0 amide bonds.